The molecule has 1 atom stereocenters. The molecule has 118 valence electrons. The van der Waals surface area contributed by atoms with E-state index >= 15 is 0 Å². The van der Waals surface area contributed by atoms with Crippen molar-refractivity contribution in [3.8, 4) is 0 Å². The topological polar surface area (TPSA) is 41.9 Å². The average molecular weight is 300 g/mol. The number of oxime groups is 1. The summed E-state index contributed by atoms with van der Waals surface area (Å²) in [7, 11) is 0. The Morgan fingerprint density at radius 2 is 2.14 bits per heavy atom. The maximum atomic E-state index is 12.3. The normalized spacial score (nSPS) is 20.5. The van der Waals surface area contributed by atoms with Crippen molar-refractivity contribution in [3.05, 3.63) is 35.4 Å². The number of aryl methyl sites for hydroxylation is 1. The molecule has 1 amide bonds. The van der Waals surface area contributed by atoms with Crippen LogP contribution in [0.3, 0.4) is 0 Å². The molecule has 1 aliphatic carbocycles. The first-order valence-electron chi connectivity index (χ1n) is 8.26. The molecule has 0 aromatic heterocycles. The summed E-state index contributed by atoms with van der Waals surface area (Å²) in [6.07, 6.45) is 3.86. The minimum atomic E-state index is -0.0103. The van der Waals surface area contributed by atoms with E-state index < -0.39 is 0 Å². The molecular weight excluding hydrogens is 276 g/mol. The van der Waals surface area contributed by atoms with E-state index in [0.29, 0.717) is 12.5 Å². The van der Waals surface area contributed by atoms with Crippen LogP contribution in [0.25, 0.3) is 0 Å². The number of amides is 1. The Bertz CT molecular complexity index is 578. The van der Waals surface area contributed by atoms with Crippen molar-refractivity contribution in [3.63, 3.8) is 0 Å². The highest BCUT2D eigenvalue weighted by Crippen LogP contribution is 2.31. The number of benzene rings is 1. The second kappa shape index (κ2) is 6.51. The molecule has 0 bridgehead atoms. The number of rotatable bonds is 6. The maximum Gasteiger partial charge on any atom is 0.225 e. The molecular formula is C18H24N2O2. The molecule has 2 aliphatic rings. The van der Waals surface area contributed by atoms with E-state index in [-0.39, 0.29) is 12.0 Å². The Balaban J connectivity index is 1.61. The van der Waals surface area contributed by atoms with Gasteiger partial charge in [-0.05, 0) is 31.7 Å². The largest absolute Gasteiger partial charge is 0.390 e. The predicted octanol–water partition coefficient (Wildman–Crippen LogP) is 3.14. The van der Waals surface area contributed by atoms with Gasteiger partial charge >= 0.3 is 0 Å². The first kappa shape index (κ1) is 15.1. The van der Waals surface area contributed by atoms with Crippen molar-refractivity contribution in [2.45, 2.75) is 45.6 Å². The number of hydrogen-bond donors (Lipinski definition) is 0. The summed E-state index contributed by atoms with van der Waals surface area (Å²) in [6, 6.07) is 8.23. The SMILES string of the molecule is CCCN(C[C@H]1CC(c2ccccc2C)=NO1)C(=O)C1CC1. The highest BCUT2D eigenvalue weighted by molar-refractivity contribution is 6.02. The van der Waals surface area contributed by atoms with Gasteiger partial charge in [-0.3, -0.25) is 4.79 Å². The van der Waals surface area contributed by atoms with Gasteiger partial charge in [0.05, 0.1) is 12.3 Å². The van der Waals surface area contributed by atoms with Gasteiger partial charge in [0.15, 0.2) is 6.10 Å². The van der Waals surface area contributed by atoms with E-state index in [1.807, 2.05) is 17.0 Å². The molecule has 0 unspecified atom stereocenters. The minimum absolute atomic E-state index is 0.0103. The number of carbonyl (C=O) groups excluding carboxylic acids is 1. The third kappa shape index (κ3) is 3.32. The standard InChI is InChI=1S/C18H24N2O2/c1-3-10-20(18(21)14-8-9-14)12-15-11-17(19-22-15)16-7-5-4-6-13(16)2/h4-7,14-15H,3,8-12H2,1-2H3/t15-/m1/s1. The fourth-order valence-corrected chi connectivity index (χ4v) is 2.98. The van der Waals surface area contributed by atoms with Crippen LogP contribution in [-0.4, -0.2) is 35.7 Å². The van der Waals surface area contributed by atoms with Gasteiger partial charge in [-0.2, -0.15) is 0 Å². The smallest absolute Gasteiger partial charge is 0.225 e. The monoisotopic (exact) mass is 300 g/mol. The van der Waals surface area contributed by atoms with Crippen LogP contribution < -0.4 is 0 Å². The first-order chi connectivity index (χ1) is 10.7. The predicted molar refractivity (Wildman–Crippen MR) is 86.8 cm³/mol. The molecule has 0 N–H and O–H groups in total. The lowest BCUT2D eigenvalue weighted by atomic mass is 10.0. The molecule has 0 spiro atoms. The molecule has 1 heterocycles. The van der Waals surface area contributed by atoms with Crippen LogP contribution in [0.5, 0.6) is 0 Å². The Morgan fingerprint density at radius 3 is 2.82 bits per heavy atom. The zero-order chi connectivity index (χ0) is 15.5. The highest BCUT2D eigenvalue weighted by atomic mass is 16.6. The van der Waals surface area contributed by atoms with Crippen molar-refractivity contribution in [1.29, 1.82) is 0 Å². The van der Waals surface area contributed by atoms with Crippen LogP contribution in [0, 0.1) is 12.8 Å². The summed E-state index contributed by atoms with van der Waals surface area (Å²) >= 11 is 0. The lowest BCUT2D eigenvalue weighted by Crippen LogP contribution is -2.39. The van der Waals surface area contributed by atoms with E-state index in [0.717, 1.165) is 43.5 Å². The summed E-state index contributed by atoms with van der Waals surface area (Å²) in [4.78, 5) is 19.9. The third-order valence-electron chi connectivity index (χ3n) is 4.34. The number of hydrogen-bond acceptors (Lipinski definition) is 3. The molecule has 1 saturated carbocycles. The van der Waals surface area contributed by atoms with E-state index in [1.165, 1.54) is 5.56 Å². The molecule has 3 rings (SSSR count). The van der Waals surface area contributed by atoms with Gasteiger partial charge in [0.1, 0.15) is 0 Å². The van der Waals surface area contributed by atoms with Crippen molar-refractivity contribution in [2.24, 2.45) is 11.1 Å². The van der Waals surface area contributed by atoms with Crippen molar-refractivity contribution in [1.82, 2.24) is 4.90 Å². The molecule has 0 saturated heterocycles. The first-order valence-corrected chi connectivity index (χ1v) is 8.26. The van der Waals surface area contributed by atoms with Gasteiger partial charge in [0, 0.05) is 24.4 Å². The van der Waals surface area contributed by atoms with Gasteiger partial charge < -0.3 is 9.74 Å². The van der Waals surface area contributed by atoms with Crippen molar-refractivity contribution < 1.29 is 9.63 Å². The molecule has 1 fully saturated rings. The van der Waals surface area contributed by atoms with Gasteiger partial charge in [-0.1, -0.05) is 36.3 Å². The second-order valence-electron chi connectivity index (χ2n) is 6.34. The van der Waals surface area contributed by atoms with Crippen molar-refractivity contribution in [2.75, 3.05) is 13.1 Å². The Kier molecular flexibility index (Phi) is 4.46. The van der Waals surface area contributed by atoms with Crippen LogP contribution in [-0.2, 0) is 9.63 Å². The maximum absolute atomic E-state index is 12.3. The fourth-order valence-electron chi connectivity index (χ4n) is 2.98. The van der Waals surface area contributed by atoms with Gasteiger partial charge in [0.2, 0.25) is 5.91 Å². The van der Waals surface area contributed by atoms with E-state index in [2.05, 4.69) is 31.1 Å². The highest BCUT2D eigenvalue weighted by Gasteiger charge is 2.35. The Morgan fingerprint density at radius 1 is 1.36 bits per heavy atom. The summed E-state index contributed by atoms with van der Waals surface area (Å²) in [5, 5.41) is 4.26. The molecule has 22 heavy (non-hydrogen) atoms. The summed E-state index contributed by atoms with van der Waals surface area (Å²) in [5.74, 6) is 0.569. The fraction of sp³-hybridized carbons (Fsp3) is 0.556. The van der Waals surface area contributed by atoms with Crippen LogP contribution in [0.15, 0.2) is 29.4 Å². The van der Waals surface area contributed by atoms with Gasteiger partial charge in [-0.15, -0.1) is 0 Å². The Labute approximate surface area is 132 Å². The molecule has 0 radical (unpaired) electrons. The number of nitrogens with zero attached hydrogens (tertiary/aromatic N) is 2. The van der Waals surface area contributed by atoms with E-state index in [9.17, 15) is 4.79 Å². The van der Waals surface area contributed by atoms with E-state index in [4.69, 9.17) is 4.84 Å². The molecule has 4 heteroatoms. The summed E-state index contributed by atoms with van der Waals surface area (Å²) in [6.45, 7) is 5.67. The zero-order valence-electron chi connectivity index (χ0n) is 13.4. The lowest BCUT2D eigenvalue weighted by Gasteiger charge is -2.24. The quantitative estimate of drug-likeness (QED) is 0.810. The van der Waals surface area contributed by atoms with Crippen molar-refractivity contribution >= 4 is 11.6 Å². The van der Waals surface area contributed by atoms with Crippen LogP contribution >= 0.6 is 0 Å². The third-order valence-corrected chi connectivity index (χ3v) is 4.34. The zero-order valence-corrected chi connectivity index (χ0v) is 13.4. The summed E-state index contributed by atoms with van der Waals surface area (Å²) in [5.41, 5.74) is 3.36. The molecule has 1 aliphatic heterocycles. The molecule has 1 aromatic carbocycles. The second-order valence-corrected chi connectivity index (χ2v) is 6.34. The molecule has 4 nitrogen and oxygen atoms in total. The number of carbonyl (C=O) groups is 1. The van der Waals surface area contributed by atoms with Crippen LogP contribution in [0.2, 0.25) is 0 Å². The average Bonchev–Trinajstić information content (AvgIpc) is 3.27. The molecule has 1 aromatic rings. The van der Waals surface area contributed by atoms with Crippen LogP contribution in [0.4, 0.5) is 0 Å². The Hall–Kier alpha value is -1.84. The van der Waals surface area contributed by atoms with Crippen LogP contribution in [0.1, 0.15) is 43.7 Å². The van der Waals surface area contributed by atoms with E-state index in [1.54, 1.807) is 0 Å². The van der Waals surface area contributed by atoms with Gasteiger partial charge in [0.25, 0.3) is 0 Å². The summed E-state index contributed by atoms with van der Waals surface area (Å²) < 4.78 is 0. The van der Waals surface area contributed by atoms with Gasteiger partial charge in [-0.25, -0.2) is 0 Å². The lowest BCUT2D eigenvalue weighted by molar-refractivity contribution is -0.134. The minimum Gasteiger partial charge on any atom is -0.390 e.